The minimum absolute atomic E-state index is 0.0794. The van der Waals surface area contributed by atoms with Gasteiger partial charge in [-0.2, -0.15) is 5.10 Å². The molecule has 10 nitrogen and oxygen atoms in total. The first-order valence-electron chi connectivity index (χ1n) is 10.9. The van der Waals surface area contributed by atoms with E-state index in [0.29, 0.717) is 23.7 Å². The molecule has 0 fully saturated rings. The summed E-state index contributed by atoms with van der Waals surface area (Å²) in [4.78, 5) is 23.1. The summed E-state index contributed by atoms with van der Waals surface area (Å²) in [5.74, 6) is 0.574. The molecule has 0 aliphatic rings. The molecule has 0 unspecified atom stereocenters. The molecule has 0 spiro atoms. The van der Waals surface area contributed by atoms with Crippen LogP contribution in [0.15, 0.2) is 47.6 Å². The number of esters is 1. The van der Waals surface area contributed by atoms with Crippen LogP contribution in [0.25, 0.3) is 5.69 Å². The molecule has 0 aliphatic carbocycles. The van der Waals surface area contributed by atoms with E-state index in [4.69, 9.17) is 14.2 Å². The Bertz CT molecular complexity index is 1270. The second-order valence-electron chi connectivity index (χ2n) is 7.62. The Labute approximate surface area is 203 Å². The number of carbonyl (C=O) groups is 1. The van der Waals surface area contributed by atoms with Gasteiger partial charge in [0.1, 0.15) is 5.56 Å². The highest BCUT2D eigenvalue weighted by atomic mass is 16.6. The van der Waals surface area contributed by atoms with Gasteiger partial charge < -0.3 is 24.2 Å². The highest BCUT2D eigenvalue weighted by molar-refractivity contribution is 5.94. The molecule has 10 heteroatoms. The highest BCUT2D eigenvalue weighted by Gasteiger charge is 2.23. The van der Waals surface area contributed by atoms with Crippen LogP contribution in [0.1, 0.15) is 39.8 Å². The third-order valence-electron chi connectivity index (χ3n) is 5.43. The van der Waals surface area contributed by atoms with Crippen LogP contribution >= 0.6 is 0 Å². The van der Waals surface area contributed by atoms with Crippen molar-refractivity contribution in [1.82, 2.24) is 9.99 Å². The van der Waals surface area contributed by atoms with Crippen molar-refractivity contribution >= 4 is 17.9 Å². The number of aromatic nitrogens is 1. The number of benzene rings is 2. The maximum atomic E-state index is 12.1. The summed E-state index contributed by atoms with van der Waals surface area (Å²) in [7, 11) is 3.17. The predicted octanol–water partition coefficient (Wildman–Crippen LogP) is 4.32. The van der Waals surface area contributed by atoms with Crippen LogP contribution < -0.4 is 14.9 Å². The number of methoxy groups -OCH3 is 2. The van der Waals surface area contributed by atoms with Crippen molar-refractivity contribution in [3.8, 4) is 17.2 Å². The fourth-order valence-corrected chi connectivity index (χ4v) is 3.75. The summed E-state index contributed by atoms with van der Waals surface area (Å²) in [5, 5.41) is 15.9. The Kier molecular flexibility index (Phi) is 8.08. The van der Waals surface area contributed by atoms with Gasteiger partial charge in [-0.3, -0.25) is 10.1 Å². The van der Waals surface area contributed by atoms with Gasteiger partial charge in [-0.1, -0.05) is 6.07 Å². The molecule has 1 N–H and O–H groups in total. The third kappa shape index (κ3) is 5.60. The molecule has 2 aromatic carbocycles. The number of aryl methyl sites for hydroxylation is 1. The van der Waals surface area contributed by atoms with Crippen molar-refractivity contribution in [1.29, 1.82) is 0 Å². The van der Waals surface area contributed by atoms with Crippen molar-refractivity contribution in [3.05, 3.63) is 80.7 Å². The minimum atomic E-state index is -0.722. The fraction of sp³-hybridized carbons (Fsp3) is 0.280. The highest BCUT2D eigenvalue weighted by Crippen LogP contribution is 2.28. The molecular weight excluding hydrogens is 452 g/mol. The molecular formula is C25H28N4O6. The van der Waals surface area contributed by atoms with Crippen LogP contribution in [-0.2, 0) is 11.3 Å². The summed E-state index contributed by atoms with van der Waals surface area (Å²) in [6.45, 7) is 6.06. The number of nitrogens with one attached hydrogen (secondary N) is 1. The maximum Gasteiger partial charge on any atom is 0.345 e. The number of carbonyl (C=O) groups excluding carboxylic acids is 1. The zero-order chi connectivity index (χ0) is 25.5. The standard InChI is InChI=1S/C25H28N4O6/c1-6-35-25(30)21-9-8-20(13-22(21)29(31)32)28-16(2)11-19(17(28)3)15-27-26-14-18-7-10-23(33-4)24(12-18)34-5/h7-13,15,26H,6,14H2,1-5H3/b27-15-. The first kappa shape index (κ1) is 25.3. The molecule has 0 amide bonds. The van der Waals surface area contributed by atoms with Gasteiger partial charge in [0, 0.05) is 23.0 Å². The monoisotopic (exact) mass is 480 g/mol. The largest absolute Gasteiger partial charge is 0.493 e. The van der Waals surface area contributed by atoms with E-state index in [-0.39, 0.29) is 17.9 Å². The minimum Gasteiger partial charge on any atom is -0.493 e. The molecule has 0 saturated heterocycles. The lowest BCUT2D eigenvalue weighted by Crippen LogP contribution is -2.09. The SMILES string of the molecule is CCOC(=O)c1ccc(-n2c(C)cc(/C=N\NCc3ccc(OC)c(OC)c3)c2C)cc1[N+](=O)[O-]. The van der Waals surface area contributed by atoms with Gasteiger partial charge in [-0.15, -0.1) is 0 Å². The molecule has 0 radical (unpaired) electrons. The van der Waals surface area contributed by atoms with Crippen LogP contribution in [0, 0.1) is 24.0 Å². The second-order valence-corrected chi connectivity index (χ2v) is 7.62. The molecule has 0 saturated carbocycles. The van der Waals surface area contributed by atoms with Crippen LogP contribution in [-0.4, -0.2) is 42.5 Å². The van der Waals surface area contributed by atoms with Crippen LogP contribution in [0.2, 0.25) is 0 Å². The molecule has 0 aliphatic heterocycles. The normalized spacial score (nSPS) is 10.9. The molecule has 0 atom stereocenters. The first-order valence-corrected chi connectivity index (χ1v) is 10.9. The maximum absolute atomic E-state index is 12.1. The van der Waals surface area contributed by atoms with E-state index in [1.165, 1.54) is 12.1 Å². The fourth-order valence-electron chi connectivity index (χ4n) is 3.75. The third-order valence-corrected chi connectivity index (χ3v) is 5.43. The number of nitrogens with zero attached hydrogens (tertiary/aromatic N) is 3. The molecule has 1 heterocycles. The first-order chi connectivity index (χ1) is 16.8. The lowest BCUT2D eigenvalue weighted by Gasteiger charge is -2.11. The molecule has 3 aromatic rings. The van der Waals surface area contributed by atoms with E-state index in [0.717, 1.165) is 22.5 Å². The molecule has 35 heavy (non-hydrogen) atoms. The number of rotatable bonds is 10. The van der Waals surface area contributed by atoms with E-state index in [1.54, 1.807) is 33.4 Å². The summed E-state index contributed by atoms with van der Waals surface area (Å²) >= 11 is 0. The lowest BCUT2D eigenvalue weighted by atomic mass is 10.1. The number of nitro groups is 1. The Morgan fingerprint density at radius 3 is 2.51 bits per heavy atom. The number of ether oxygens (including phenoxy) is 3. The van der Waals surface area contributed by atoms with Gasteiger partial charge in [0.05, 0.1) is 44.2 Å². The van der Waals surface area contributed by atoms with Crippen molar-refractivity contribution in [2.75, 3.05) is 20.8 Å². The smallest absolute Gasteiger partial charge is 0.345 e. The van der Waals surface area contributed by atoms with Crippen molar-refractivity contribution in [3.63, 3.8) is 0 Å². The van der Waals surface area contributed by atoms with E-state index in [9.17, 15) is 14.9 Å². The predicted molar refractivity (Wildman–Crippen MR) is 132 cm³/mol. The average Bonchev–Trinajstić information content (AvgIpc) is 3.13. The average molecular weight is 481 g/mol. The molecule has 184 valence electrons. The molecule has 3 rings (SSSR count). The van der Waals surface area contributed by atoms with Crippen molar-refractivity contribution in [2.45, 2.75) is 27.3 Å². The van der Waals surface area contributed by atoms with Gasteiger partial charge in [-0.05, 0) is 56.7 Å². The Balaban J connectivity index is 1.80. The van der Waals surface area contributed by atoms with E-state index in [1.807, 2.05) is 42.7 Å². The number of hydrazone groups is 1. The van der Waals surface area contributed by atoms with Crippen LogP contribution in [0.5, 0.6) is 11.5 Å². The zero-order valence-electron chi connectivity index (χ0n) is 20.3. The van der Waals surface area contributed by atoms with E-state index in [2.05, 4.69) is 10.5 Å². The van der Waals surface area contributed by atoms with Gasteiger partial charge in [0.15, 0.2) is 11.5 Å². The lowest BCUT2D eigenvalue weighted by molar-refractivity contribution is -0.385. The second kappa shape index (κ2) is 11.2. The van der Waals surface area contributed by atoms with Gasteiger partial charge in [0.2, 0.25) is 0 Å². The topological polar surface area (TPSA) is 117 Å². The van der Waals surface area contributed by atoms with Gasteiger partial charge in [-0.25, -0.2) is 4.79 Å². The number of nitro benzene ring substituents is 1. The quantitative estimate of drug-likeness (QED) is 0.199. The summed E-state index contributed by atoms with van der Waals surface area (Å²) < 4.78 is 17.4. The van der Waals surface area contributed by atoms with Gasteiger partial charge >= 0.3 is 5.97 Å². The van der Waals surface area contributed by atoms with E-state index < -0.39 is 10.9 Å². The van der Waals surface area contributed by atoms with E-state index >= 15 is 0 Å². The summed E-state index contributed by atoms with van der Waals surface area (Å²) in [6.07, 6.45) is 1.70. The number of hydrogen-bond donors (Lipinski definition) is 1. The Morgan fingerprint density at radius 1 is 1.11 bits per heavy atom. The van der Waals surface area contributed by atoms with Gasteiger partial charge in [0.25, 0.3) is 5.69 Å². The van der Waals surface area contributed by atoms with Crippen molar-refractivity contribution < 1.29 is 23.9 Å². The summed E-state index contributed by atoms with van der Waals surface area (Å²) in [5.41, 5.74) is 6.72. The molecule has 0 bridgehead atoms. The summed E-state index contributed by atoms with van der Waals surface area (Å²) in [6, 6.07) is 12.0. The van der Waals surface area contributed by atoms with Crippen LogP contribution in [0.4, 0.5) is 5.69 Å². The molecule has 1 aromatic heterocycles. The Hall–Kier alpha value is -4.34. The van der Waals surface area contributed by atoms with Crippen molar-refractivity contribution in [2.24, 2.45) is 5.10 Å². The number of hydrogen-bond acceptors (Lipinski definition) is 8. The zero-order valence-corrected chi connectivity index (χ0v) is 20.3. The van der Waals surface area contributed by atoms with Crippen LogP contribution in [0.3, 0.4) is 0 Å². The Morgan fingerprint density at radius 2 is 1.86 bits per heavy atom.